The molecule has 42 heavy (non-hydrogen) atoms. The van der Waals surface area contributed by atoms with Crippen LogP contribution in [0.5, 0.6) is 0 Å². The number of aromatic nitrogens is 2. The Labute approximate surface area is 261 Å². The second-order valence-electron chi connectivity index (χ2n) is 14.3. The lowest BCUT2D eigenvalue weighted by atomic mass is 9.99. The molecule has 0 bridgehead atoms. The summed E-state index contributed by atoms with van der Waals surface area (Å²) in [5, 5.41) is 0. The zero-order chi connectivity index (χ0) is 28.8. The lowest BCUT2D eigenvalue weighted by Gasteiger charge is -2.51. The highest BCUT2D eigenvalue weighted by molar-refractivity contribution is 8.85. The number of nitrogens with zero attached hydrogens (tertiary/aromatic N) is 2. The maximum Gasteiger partial charge on any atom is 0.176 e. The molecule has 2 aromatic heterocycles. The number of hydrogen-bond acceptors (Lipinski definition) is 2. The molecule has 4 saturated carbocycles. The Kier molecular flexibility index (Phi) is 11.5. The minimum Gasteiger partial charge on any atom is -0.252 e. The van der Waals surface area contributed by atoms with Crippen LogP contribution in [0.2, 0.25) is 0 Å². The van der Waals surface area contributed by atoms with Gasteiger partial charge in [-0.2, -0.15) is 0 Å². The molecule has 0 aliphatic heterocycles. The van der Waals surface area contributed by atoms with Crippen LogP contribution < -0.4 is 10.9 Å². The molecule has 2 atom stereocenters. The molecule has 0 aromatic carbocycles. The summed E-state index contributed by atoms with van der Waals surface area (Å²) in [6.07, 6.45) is 33.9. The summed E-state index contributed by atoms with van der Waals surface area (Å²) in [5.74, 6) is 0. The van der Waals surface area contributed by atoms with E-state index < -0.39 is 13.9 Å². The van der Waals surface area contributed by atoms with E-state index in [2.05, 4.69) is 62.1 Å². The summed E-state index contributed by atoms with van der Waals surface area (Å²) in [4.78, 5) is 10.9. The van der Waals surface area contributed by atoms with Crippen molar-refractivity contribution < 1.29 is 0 Å². The average Bonchev–Trinajstić information content (AvgIpc) is 3.09. The summed E-state index contributed by atoms with van der Waals surface area (Å²) < 4.78 is 0. The van der Waals surface area contributed by atoms with Crippen LogP contribution in [-0.2, 0) is 0 Å². The topological polar surface area (TPSA) is 25.8 Å². The van der Waals surface area contributed by atoms with Gasteiger partial charge in [-0.3, -0.25) is 9.97 Å². The fraction of sp³-hybridized carbons (Fsp3) is 0.722. The van der Waals surface area contributed by atoms with Gasteiger partial charge in [0.2, 0.25) is 0 Å². The fourth-order valence-corrected chi connectivity index (χ4v) is 57.1. The molecule has 2 aromatic rings. The van der Waals surface area contributed by atoms with Gasteiger partial charge in [-0.25, -0.2) is 0 Å². The van der Waals surface area contributed by atoms with Crippen molar-refractivity contribution in [2.75, 3.05) is 13.3 Å². The van der Waals surface area contributed by atoms with Gasteiger partial charge >= 0.3 is 0 Å². The van der Waals surface area contributed by atoms with Crippen molar-refractivity contribution in [1.29, 1.82) is 0 Å². The van der Waals surface area contributed by atoms with E-state index in [-0.39, 0.29) is 14.6 Å². The maximum atomic E-state index is 5.45. The Bertz CT molecular complexity index is 951. The first-order valence-corrected chi connectivity index (χ1v) is 27.3. The van der Waals surface area contributed by atoms with Crippen LogP contribution in [0, 0.1) is 0 Å². The normalized spacial score (nSPS) is 24.3. The SMILES string of the molecule is C[P+](C1CCCCC1)(C1CCCCC1)[P@](c1ccccn1)[P@](c1ccccn1)[P+](C)(C1CCCCC1)C1CCCCC1. The van der Waals surface area contributed by atoms with E-state index in [1.165, 1.54) is 128 Å². The number of hydrogen-bond donors (Lipinski definition) is 0. The molecule has 0 saturated heterocycles. The molecule has 0 N–H and O–H groups in total. The van der Waals surface area contributed by atoms with Gasteiger partial charge in [0, 0.05) is 12.4 Å². The molecular formula is C36H58N2P4+2. The summed E-state index contributed by atoms with van der Waals surface area (Å²) in [6.45, 7) is 3.24. The van der Waals surface area contributed by atoms with Gasteiger partial charge in [-0.05, 0) is 127 Å². The molecule has 2 nitrogen and oxygen atoms in total. The van der Waals surface area contributed by atoms with E-state index in [0.29, 0.717) is 0 Å². The molecule has 6 heteroatoms. The number of pyridine rings is 2. The third-order valence-corrected chi connectivity index (χ3v) is 47.1. The first-order chi connectivity index (χ1) is 20.6. The van der Waals surface area contributed by atoms with E-state index in [9.17, 15) is 0 Å². The smallest absolute Gasteiger partial charge is 0.176 e. The van der Waals surface area contributed by atoms with E-state index >= 15 is 0 Å². The van der Waals surface area contributed by atoms with Crippen LogP contribution in [0.15, 0.2) is 48.8 Å². The van der Waals surface area contributed by atoms with Crippen molar-refractivity contribution in [2.45, 2.75) is 151 Å². The molecular weight excluding hydrogens is 584 g/mol. The minimum absolute atomic E-state index is 0.373. The summed E-state index contributed by atoms with van der Waals surface area (Å²) in [6, 6.07) is 14.1. The predicted octanol–water partition coefficient (Wildman–Crippen LogP) is 11.8. The molecule has 4 fully saturated rings. The first-order valence-electron chi connectivity index (χ1n) is 17.8. The van der Waals surface area contributed by atoms with Crippen molar-refractivity contribution in [1.82, 2.24) is 9.97 Å². The molecule has 4 aliphatic carbocycles. The summed E-state index contributed by atoms with van der Waals surface area (Å²) >= 11 is 0. The zero-order valence-electron chi connectivity index (χ0n) is 26.8. The van der Waals surface area contributed by atoms with Gasteiger partial charge in [0.15, 0.2) is 14.6 Å². The van der Waals surface area contributed by atoms with Crippen LogP contribution >= 0.6 is 28.5 Å². The van der Waals surface area contributed by atoms with Gasteiger partial charge < -0.3 is 0 Å². The average molecular weight is 643 g/mol. The first kappa shape index (κ1) is 32.0. The standard InChI is InChI=1S/C36H58N2P4/c1-41(31-19-7-3-8-20-31,32-21-9-4-10-22-32)39(35-27-15-17-29-37-35)40(36-28-16-18-30-38-36)42(2,33-23-11-5-12-24-33)34-25-13-6-14-26-34/h15-18,27-34H,3-14,19-26H2,1-2H3/q+2/t39-,40+. The van der Waals surface area contributed by atoms with Crippen LogP contribution in [0.3, 0.4) is 0 Å². The van der Waals surface area contributed by atoms with Gasteiger partial charge in [0.25, 0.3) is 0 Å². The lowest BCUT2D eigenvalue weighted by molar-refractivity contribution is 0.483. The molecule has 0 unspecified atom stereocenters. The monoisotopic (exact) mass is 642 g/mol. The Balaban J connectivity index is 1.59. The van der Waals surface area contributed by atoms with Crippen LogP contribution in [0.1, 0.15) is 128 Å². The second-order valence-corrected chi connectivity index (χ2v) is 35.6. The van der Waals surface area contributed by atoms with Crippen LogP contribution in [0.25, 0.3) is 0 Å². The zero-order valence-corrected chi connectivity index (χ0v) is 30.3. The Morgan fingerprint density at radius 1 is 0.452 bits per heavy atom. The van der Waals surface area contributed by atoms with Crippen molar-refractivity contribution in [3.63, 3.8) is 0 Å². The highest BCUT2D eigenvalue weighted by atomic mass is 32.7. The van der Waals surface area contributed by atoms with Crippen molar-refractivity contribution in [2.24, 2.45) is 0 Å². The Morgan fingerprint density at radius 3 is 0.976 bits per heavy atom. The minimum atomic E-state index is -1.35. The molecule has 6 rings (SSSR count). The third kappa shape index (κ3) is 6.61. The lowest BCUT2D eigenvalue weighted by Crippen LogP contribution is -2.32. The summed E-state index contributed by atoms with van der Waals surface area (Å²) in [5.41, 5.74) is 6.94. The van der Waals surface area contributed by atoms with Crippen molar-refractivity contribution in [3.05, 3.63) is 48.8 Å². The van der Waals surface area contributed by atoms with E-state index in [1.54, 1.807) is 10.9 Å². The molecule has 4 aliphatic rings. The largest absolute Gasteiger partial charge is 0.252 e. The second kappa shape index (κ2) is 15.1. The summed E-state index contributed by atoms with van der Waals surface area (Å²) in [7, 11) is -0.745. The van der Waals surface area contributed by atoms with Gasteiger partial charge in [-0.1, -0.05) is 37.8 Å². The van der Waals surface area contributed by atoms with E-state index in [1.807, 2.05) is 0 Å². The molecule has 0 radical (unpaired) electrons. The highest BCUT2D eigenvalue weighted by Gasteiger charge is 2.68. The van der Waals surface area contributed by atoms with Crippen LogP contribution in [-0.4, -0.2) is 45.9 Å². The molecule has 2 heterocycles. The van der Waals surface area contributed by atoms with Gasteiger partial charge in [0.1, 0.15) is 10.9 Å². The van der Waals surface area contributed by atoms with Crippen molar-refractivity contribution in [3.8, 4) is 0 Å². The Morgan fingerprint density at radius 2 is 0.738 bits per heavy atom. The quantitative estimate of drug-likeness (QED) is 0.254. The fourth-order valence-electron chi connectivity index (χ4n) is 9.57. The molecule has 0 amide bonds. The van der Waals surface area contributed by atoms with Gasteiger partial charge in [0.05, 0.1) is 49.9 Å². The predicted molar refractivity (Wildman–Crippen MR) is 195 cm³/mol. The Hall–Kier alpha value is 0.0200. The highest BCUT2D eigenvalue weighted by Crippen LogP contribution is 3.09. The molecule has 230 valence electrons. The maximum absolute atomic E-state index is 5.45. The molecule has 0 spiro atoms. The van der Waals surface area contributed by atoms with Crippen LogP contribution in [0.4, 0.5) is 0 Å². The third-order valence-electron chi connectivity index (χ3n) is 12.0. The number of rotatable bonds is 9. The van der Waals surface area contributed by atoms with E-state index in [0.717, 1.165) is 22.6 Å². The van der Waals surface area contributed by atoms with E-state index in [4.69, 9.17) is 9.97 Å². The van der Waals surface area contributed by atoms with Crippen molar-refractivity contribution >= 4 is 39.4 Å². The van der Waals surface area contributed by atoms with Gasteiger partial charge in [-0.15, -0.1) is 0 Å².